The summed E-state index contributed by atoms with van der Waals surface area (Å²) < 4.78 is 12.9. The fourth-order valence-electron chi connectivity index (χ4n) is 4.35. The molecule has 0 saturated heterocycles. The van der Waals surface area contributed by atoms with Crippen LogP contribution in [0.15, 0.2) is 109 Å². The van der Waals surface area contributed by atoms with Crippen LogP contribution in [-0.2, 0) is 4.74 Å². The van der Waals surface area contributed by atoms with Gasteiger partial charge in [-0.3, -0.25) is 0 Å². The summed E-state index contributed by atoms with van der Waals surface area (Å²) in [5.74, 6) is 0.349. The van der Waals surface area contributed by atoms with Gasteiger partial charge < -0.3 is 9.47 Å². The molecule has 5 nitrogen and oxygen atoms in total. The average Bonchev–Trinajstić information content (AvgIpc) is 3.35. The van der Waals surface area contributed by atoms with Crippen molar-refractivity contribution < 1.29 is 14.3 Å². The zero-order valence-electron chi connectivity index (χ0n) is 20.2. The molecule has 36 heavy (non-hydrogen) atoms. The standard InChI is InChI=1S/C31H26N2O3/c1-3-36-31(34)28-29(27-20-11-10-19-26(27)23-15-12-18-25(21-23)35-2)32-33(24-16-8-5-9-17-24)30(28)22-13-6-4-7-14-22/h4-21H,3H2,1-2H3. The number of carbonyl (C=O) groups excluding carboxylic acids is 1. The monoisotopic (exact) mass is 474 g/mol. The molecule has 4 aromatic carbocycles. The smallest absolute Gasteiger partial charge is 0.342 e. The van der Waals surface area contributed by atoms with Crippen molar-refractivity contribution in [2.45, 2.75) is 6.92 Å². The molecule has 0 saturated carbocycles. The van der Waals surface area contributed by atoms with Gasteiger partial charge >= 0.3 is 5.97 Å². The van der Waals surface area contributed by atoms with E-state index in [2.05, 4.69) is 0 Å². The van der Waals surface area contributed by atoms with Crippen molar-refractivity contribution in [3.63, 3.8) is 0 Å². The van der Waals surface area contributed by atoms with E-state index in [4.69, 9.17) is 14.6 Å². The van der Waals surface area contributed by atoms with Crippen molar-refractivity contribution >= 4 is 5.97 Å². The molecule has 0 aliphatic carbocycles. The number of carbonyl (C=O) groups is 1. The van der Waals surface area contributed by atoms with Gasteiger partial charge in [-0.2, -0.15) is 5.10 Å². The molecule has 0 spiro atoms. The quantitative estimate of drug-likeness (QED) is 0.237. The second-order valence-corrected chi connectivity index (χ2v) is 8.18. The van der Waals surface area contributed by atoms with E-state index in [0.717, 1.165) is 33.7 Å². The first-order chi connectivity index (χ1) is 17.7. The molecule has 1 heterocycles. The van der Waals surface area contributed by atoms with Gasteiger partial charge in [0.1, 0.15) is 17.0 Å². The number of benzene rings is 4. The van der Waals surface area contributed by atoms with E-state index in [-0.39, 0.29) is 6.61 Å². The summed E-state index contributed by atoms with van der Waals surface area (Å²) in [7, 11) is 1.65. The topological polar surface area (TPSA) is 53.4 Å². The van der Waals surface area contributed by atoms with Gasteiger partial charge in [-0.05, 0) is 42.3 Å². The van der Waals surface area contributed by atoms with Gasteiger partial charge in [0.2, 0.25) is 0 Å². The van der Waals surface area contributed by atoms with Gasteiger partial charge in [0.25, 0.3) is 0 Å². The maximum Gasteiger partial charge on any atom is 0.342 e. The van der Waals surface area contributed by atoms with Crippen LogP contribution in [0.5, 0.6) is 5.75 Å². The lowest BCUT2D eigenvalue weighted by Gasteiger charge is -2.11. The molecule has 5 heteroatoms. The Morgan fingerprint density at radius 3 is 2.11 bits per heavy atom. The maximum atomic E-state index is 13.5. The maximum absolute atomic E-state index is 13.5. The number of para-hydroxylation sites is 1. The molecule has 0 amide bonds. The van der Waals surface area contributed by atoms with E-state index < -0.39 is 5.97 Å². The second kappa shape index (κ2) is 10.3. The number of rotatable bonds is 7. The van der Waals surface area contributed by atoms with Gasteiger partial charge in [-0.15, -0.1) is 0 Å². The molecule has 5 rings (SSSR count). The molecule has 178 valence electrons. The van der Waals surface area contributed by atoms with Gasteiger partial charge in [-0.25, -0.2) is 9.48 Å². The summed E-state index contributed by atoms with van der Waals surface area (Å²) in [6, 6.07) is 35.5. The van der Waals surface area contributed by atoms with Crippen LogP contribution in [0.1, 0.15) is 17.3 Å². The van der Waals surface area contributed by atoms with Gasteiger partial charge in [0.05, 0.1) is 25.1 Å². The van der Waals surface area contributed by atoms with E-state index in [1.54, 1.807) is 7.11 Å². The van der Waals surface area contributed by atoms with Crippen LogP contribution in [0.4, 0.5) is 0 Å². The van der Waals surface area contributed by atoms with E-state index in [1.807, 2.05) is 121 Å². The molecular weight excluding hydrogens is 448 g/mol. The van der Waals surface area contributed by atoms with Crippen molar-refractivity contribution in [3.8, 4) is 45.1 Å². The summed E-state index contributed by atoms with van der Waals surface area (Å²) in [5, 5.41) is 5.04. The van der Waals surface area contributed by atoms with Crippen molar-refractivity contribution in [1.82, 2.24) is 9.78 Å². The molecule has 0 aliphatic rings. The fraction of sp³-hybridized carbons (Fsp3) is 0.0968. The number of esters is 1. The predicted molar refractivity (Wildman–Crippen MR) is 142 cm³/mol. The van der Waals surface area contributed by atoms with Crippen LogP contribution >= 0.6 is 0 Å². The number of ether oxygens (including phenoxy) is 2. The minimum absolute atomic E-state index is 0.264. The molecule has 1 aromatic heterocycles. The van der Waals surface area contributed by atoms with Gasteiger partial charge in [-0.1, -0.05) is 84.9 Å². The normalized spacial score (nSPS) is 10.7. The van der Waals surface area contributed by atoms with E-state index in [0.29, 0.717) is 17.0 Å². The Bertz CT molecular complexity index is 1490. The fourth-order valence-corrected chi connectivity index (χ4v) is 4.35. The van der Waals surface area contributed by atoms with Crippen molar-refractivity contribution in [2.75, 3.05) is 13.7 Å². The number of aromatic nitrogens is 2. The molecular formula is C31H26N2O3. The Balaban J connectivity index is 1.83. The van der Waals surface area contributed by atoms with Gasteiger partial charge in [0, 0.05) is 11.1 Å². The third-order valence-electron chi connectivity index (χ3n) is 5.98. The summed E-state index contributed by atoms with van der Waals surface area (Å²) in [4.78, 5) is 13.5. The number of methoxy groups -OCH3 is 1. The first-order valence-corrected chi connectivity index (χ1v) is 11.9. The Morgan fingerprint density at radius 2 is 1.42 bits per heavy atom. The molecule has 0 unspecified atom stereocenters. The largest absolute Gasteiger partial charge is 0.497 e. The average molecular weight is 475 g/mol. The van der Waals surface area contributed by atoms with E-state index in [1.165, 1.54) is 0 Å². The van der Waals surface area contributed by atoms with Gasteiger partial charge in [0.15, 0.2) is 0 Å². The molecule has 0 aliphatic heterocycles. The van der Waals surface area contributed by atoms with Crippen LogP contribution in [0.3, 0.4) is 0 Å². The van der Waals surface area contributed by atoms with Crippen LogP contribution in [-0.4, -0.2) is 29.5 Å². The summed E-state index contributed by atoms with van der Waals surface area (Å²) in [5.41, 5.74) is 6.16. The molecule has 0 N–H and O–H groups in total. The highest BCUT2D eigenvalue weighted by atomic mass is 16.5. The van der Waals surface area contributed by atoms with Crippen LogP contribution in [0.2, 0.25) is 0 Å². The Hall–Kier alpha value is -4.64. The number of hydrogen-bond donors (Lipinski definition) is 0. The van der Waals surface area contributed by atoms with Crippen molar-refractivity contribution in [2.24, 2.45) is 0 Å². The molecule has 0 radical (unpaired) electrons. The molecule has 0 bridgehead atoms. The Labute approximate surface area is 210 Å². The van der Waals surface area contributed by atoms with Crippen molar-refractivity contribution in [3.05, 3.63) is 115 Å². The van der Waals surface area contributed by atoms with Crippen LogP contribution in [0.25, 0.3) is 39.3 Å². The minimum atomic E-state index is -0.408. The third kappa shape index (κ3) is 4.39. The van der Waals surface area contributed by atoms with Crippen molar-refractivity contribution in [1.29, 1.82) is 0 Å². The van der Waals surface area contributed by atoms with E-state index >= 15 is 0 Å². The SMILES string of the molecule is CCOC(=O)c1c(-c2ccccc2-c2cccc(OC)c2)nn(-c2ccccc2)c1-c1ccccc1. The zero-order valence-corrected chi connectivity index (χ0v) is 20.2. The Kier molecular flexibility index (Phi) is 6.63. The number of hydrogen-bond acceptors (Lipinski definition) is 4. The first kappa shape index (κ1) is 23.1. The molecule has 0 atom stereocenters. The molecule has 5 aromatic rings. The predicted octanol–water partition coefficient (Wildman–Crippen LogP) is 7.06. The lowest BCUT2D eigenvalue weighted by atomic mass is 9.94. The second-order valence-electron chi connectivity index (χ2n) is 8.18. The summed E-state index contributed by atoms with van der Waals surface area (Å²) >= 11 is 0. The van der Waals surface area contributed by atoms with E-state index in [9.17, 15) is 4.79 Å². The number of nitrogens with zero attached hydrogens (tertiary/aromatic N) is 2. The highest BCUT2D eigenvalue weighted by molar-refractivity contribution is 6.04. The zero-order chi connectivity index (χ0) is 24.9. The first-order valence-electron chi connectivity index (χ1n) is 11.9. The lowest BCUT2D eigenvalue weighted by Crippen LogP contribution is -2.08. The molecule has 0 fully saturated rings. The highest BCUT2D eigenvalue weighted by Gasteiger charge is 2.29. The third-order valence-corrected chi connectivity index (χ3v) is 5.98. The summed E-state index contributed by atoms with van der Waals surface area (Å²) in [6.45, 7) is 2.08. The highest BCUT2D eigenvalue weighted by Crippen LogP contribution is 2.39. The van der Waals surface area contributed by atoms with Crippen LogP contribution < -0.4 is 4.74 Å². The summed E-state index contributed by atoms with van der Waals surface area (Å²) in [6.07, 6.45) is 0. The lowest BCUT2D eigenvalue weighted by molar-refractivity contribution is 0.0528. The Morgan fingerprint density at radius 1 is 0.778 bits per heavy atom. The minimum Gasteiger partial charge on any atom is -0.497 e. The van der Waals surface area contributed by atoms with Crippen LogP contribution in [0, 0.1) is 0 Å².